The highest BCUT2D eigenvalue weighted by atomic mass is 16.2. The van der Waals surface area contributed by atoms with Crippen molar-refractivity contribution in [2.75, 3.05) is 0 Å². The van der Waals surface area contributed by atoms with E-state index in [9.17, 15) is 4.79 Å². The Morgan fingerprint density at radius 3 is 2.17 bits per heavy atom. The zero-order valence-electron chi connectivity index (χ0n) is 10.9. The molecule has 2 aliphatic carbocycles. The van der Waals surface area contributed by atoms with Crippen LogP contribution in [0.3, 0.4) is 0 Å². The van der Waals surface area contributed by atoms with Gasteiger partial charge in [-0.3, -0.25) is 5.41 Å². The van der Waals surface area contributed by atoms with Crippen molar-refractivity contribution in [3.8, 4) is 0 Å². The van der Waals surface area contributed by atoms with E-state index in [0.29, 0.717) is 6.04 Å². The largest absolute Gasteiger partial charge is 0.386 e. The van der Waals surface area contributed by atoms with Crippen LogP contribution in [0.25, 0.3) is 0 Å². The van der Waals surface area contributed by atoms with Crippen LogP contribution in [0.2, 0.25) is 0 Å². The topological polar surface area (TPSA) is 91.0 Å². The molecule has 0 unspecified atom stereocenters. The first-order chi connectivity index (χ1) is 8.62. The fraction of sp³-hybridized carbons (Fsp3) is 0.846. The van der Waals surface area contributed by atoms with Gasteiger partial charge in [-0.25, -0.2) is 4.79 Å². The van der Waals surface area contributed by atoms with E-state index in [2.05, 4.69) is 10.6 Å². The molecule has 0 heterocycles. The average molecular weight is 252 g/mol. The predicted octanol–water partition coefficient (Wildman–Crippen LogP) is 1.87. The Balaban J connectivity index is 1.98. The van der Waals surface area contributed by atoms with E-state index in [-0.39, 0.29) is 11.9 Å². The minimum Gasteiger partial charge on any atom is -0.386 e. The van der Waals surface area contributed by atoms with Gasteiger partial charge in [-0.05, 0) is 25.7 Å². The van der Waals surface area contributed by atoms with Crippen molar-refractivity contribution in [2.24, 2.45) is 5.73 Å². The van der Waals surface area contributed by atoms with Gasteiger partial charge in [-0.15, -0.1) is 0 Å². The summed E-state index contributed by atoms with van der Waals surface area (Å²) in [5.74, 6) is 0.107. The molecule has 102 valence electrons. The Kier molecular flexibility index (Phi) is 4.09. The SMILES string of the molecule is N=C(N)C1(NC(=O)NC2CC2)CCCCCCC1. The second kappa shape index (κ2) is 5.59. The van der Waals surface area contributed by atoms with E-state index in [1.165, 1.54) is 19.3 Å². The average Bonchev–Trinajstić information content (AvgIpc) is 3.05. The zero-order valence-corrected chi connectivity index (χ0v) is 10.9. The van der Waals surface area contributed by atoms with E-state index < -0.39 is 5.54 Å². The molecule has 0 radical (unpaired) electrons. The molecular formula is C13H24N4O. The third-order valence-electron chi connectivity index (χ3n) is 3.99. The molecule has 0 atom stereocenters. The Labute approximate surface area is 108 Å². The highest BCUT2D eigenvalue weighted by Gasteiger charge is 2.36. The van der Waals surface area contributed by atoms with Crippen molar-refractivity contribution in [1.29, 1.82) is 5.41 Å². The van der Waals surface area contributed by atoms with Crippen molar-refractivity contribution in [1.82, 2.24) is 10.6 Å². The van der Waals surface area contributed by atoms with Gasteiger partial charge in [0.25, 0.3) is 0 Å². The summed E-state index contributed by atoms with van der Waals surface area (Å²) in [6.45, 7) is 0. The van der Waals surface area contributed by atoms with Crippen molar-refractivity contribution < 1.29 is 4.79 Å². The molecule has 2 rings (SSSR count). The summed E-state index contributed by atoms with van der Waals surface area (Å²) >= 11 is 0. The lowest BCUT2D eigenvalue weighted by Crippen LogP contribution is -2.59. The van der Waals surface area contributed by atoms with Crippen LogP contribution in [-0.4, -0.2) is 23.4 Å². The standard InChI is InChI=1S/C13H24N4O/c14-11(15)13(8-4-2-1-3-5-9-13)17-12(18)16-10-6-7-10/h10H,1-9H2,(H3,14,15)(H2,16,17,18). The van der Waals surface area contributed by atoms with Gasteiger partial charge in [-0.1, -0.05) is 32.1 Å². The first kappa shape index (κ1) is 13.2. The summed E-state index contributed by atoms with van der Waals surface area (Å²) in [5, 5.41) is 13.7. The van der Waals surface area contributed by atoms with Crippen molar-refractivity contribution >= 4 is 11.9 Å². The van der Waals surface area contributed by atoms with Gasteiger partial charge in [0.15, 0.2) is 0 Å². The number of rotatable bonds is 3. The van der Waals surface area contributed by atoms with Crippen LogP contribution in [0.1, 0.15) is 57.8 Å². The Morgan fingerprint density at radius 2 is 1.67 bits per heavy atom. The van der Waals surface area contributed by atoms with Crippen LogP contribution >= 0.6 is 0 Å². The number of carbonyl (C=O) groups is 1. The van der Waals surface area contributed by atoms with Crippen LogP contribution in [0.15, 0.2) is 0 Å². The maximum atomic E-state index is 11.9. The first-order valence-electron chi connectivity index (χ1n) is 7.06. The molecule has 5 N–H and O–H groups in total. The number of hydrogen-bond acceptors (Lipinski definition) is 2. The smallest absolute Gasteiger partial charge is 0.315 e. The Morgan fingerprint density at radius 1 is 1.11 bits per heavy atom. The number of amides is 2. The van der Waals surface area contributed by atoms with Crippen molar-refractivity contribution in [3.63, 3.8) is 0 Å². The summed E-state index contributed by atoms with van der Waals surface area (Å²) < 4.78 is 0. The minimum atomic E-state index is -0.612. The van der Waals surface area contributed by atoms with Crippen LogP contribution < -0.4 is 16.4 Å². The van der Waals surface area contributed by atoms with Gasteiger partial charge in [0, 0.05) is 6.04 Å². The van der Waals surface area contributed by atoms with Crippen molar-refractivity contribution in [2.45, 2.75) is 69.4 Å². The second-order valence-electron chi connectivity index (χ2n) is 5.64. The van der Waals surface area contributed by atoms with Crippen LogP contribution in [0.4, 0.5) is 4.79 Å². The monoisotopic (exact) mass is 252 g/mol. The molecule has 0 aliphatic heterocycles. The zero-order chi connectivity index (χ0) is 13.0. The molecule has 0 spiro atoms. The Bertz CT molecular complexity index is 317. The summed E-state index contributed by atoms with van der Waals surface area (Å²) in [5.41, 5.74) is 5.15. The van der Waals surface area contributed by atoms with Gasteiger partial charge in [0.05, 0.1) is 5.54 Å². The summed E-state index contributed by atoms with van der Waals surface area (Å²) in [6.07, 6.45) is 9.37. The summed E-state index contributed by atoms with van der Waals surface area (Å²) in [7, 11) is 0. The lowest BCUT2D eigenvalue weighted by Gasteiger charge is -2.35. The maximum absolute atomic E-state index is 11.9. The molecule has 0 aromatic rings. The molecule has 2 amide bonds. The molecule has 18 heavy (non-hydrogen) atoms. The number of amidine groups is 1. The van der Waals surface area contributed by atoms with E-state index in [0.717, 1.165) is 38.5 Å². The third-order valence-corrected chi connectivity index (χ3v) is 3.99. The maximum Gasteiger partial charge on any atom is 0.315 e. The molecule has 0 aromatic heterocycles. The number of hydrogen-bond donors (Lipinski definition) is 4. The van der Waals surface area contributed by atoms with Crippen LogP contribution in [0.5, 0.6) is 0 Å². The molecule has 5 heteroatoms. The first-order valence-corrected chi connectivity index (χ1v) is 7.06. The fourth-order valence-electron chi connectivity index (χ4n) is 2.64. The Hall–Kier alpha value is -1.26. The van der Waals surface area contributed by atoms with Gasteiger partial charge < -0.3 is 16.4 Å². The van der Waals surface area contributed by atoms with Gasteiger partial charge in [-0.2, -0.15) is 0 Å². The van der Waals surface area contributed by atoms with E-state index in [1.807, 2.05) is 0 Å². The number of nitrogens with one attached hydrogen (secondary N) is 3. The highest BCUT2D eigenvalue weighted by molar-refractivity contribution is 5.91. The quantitative estimate of drug-likeness (QED) is 0.456. The molecule has 0 saturated heterocycles. The van der Waals surface area contributed by atoms with Crippen LogP contribution in [-0.2, 0) is 0 Å². The predicted molar refractivity (Wildman–Crippen MR) is 71.7 cm³/mol. The molecule has 2 saturated carbocycles. The lowest BCUT2D eigenvalue weighted by atomic mass is 9.83. The van der Waals surface area contributed by atoms with Crippen LogP contribution in [0, 0.1) is 5.41 Å². The summed E-state index contributed by atoms with van der Waals surface area (Å²) in [4.78, 5) is 11.9. The molecule has 0 aromatic carbocycles. The fourth-order valence-corrected chi connectivity index (χ4v) is 2.64. The number of carbonyl (C=O) groups excluding carboxylic acids is 1. The van der Waals surface area contributed by atoms with Gasteiger partial charge in [0.1, 0.15) is 5.84 Å². The van der Waals surface area contributed by atoms with Gasteiger partial charge >= 0.3 is 6.03 Å². The van der Waals surface area contributed by atoms with Crippen molar-refractivity contribution in [3.05, 3.63) is 0 Å². The normalized spacial score (nSPS) is 23.6. The van der Waals surface area contributed by atoms with E-state index in [4.69, 9.17) is 11.1 Å². The lowest BCUT2D eigenvalue weighted by molar-refractivity contribution is 0.226. The number of nitrogens with two attached hydrogens (primary N) is 1. The molecular weight excluding hydrogens is 228 g/mol. The third kappa shape index (κ3) is 3.37. The minimum absolute atomic E-state index is 0.107. The highest BCUT2D eigenvalue weighted by Crippen LogP contribution is 2.26. The molecule has 2 aliphatic rings. The van der Waals surface area contributed by atoms with E-state index in [1.54, 1.807) is 0 Å². The van der Waals surface area contributed by atoms with Gasteiger partial charge in [0.2, 0.25) is 0 Å². The number of urea groups is 1. The summed E-state index contributed by atoms with van der Waals surface area (Å²) in [6, 6.07) is 0.177. The second-order valence-corrected chi connectivity index (χ2v) is 5.64. The molecule has 2 fully saturated rings. The molecule has 5 nitrogen and oxygen atoms in total. The molecule has 0 bridgehead atoms. The van der Waals surface area contributed by atoms with E-state index >= 15 is 0 Å².